The van der Waals surface area contributed by atoms with E-state index in [0.29, 0.717) is 6.61 Å². The zero-order valence-electron chi connectivity index (χ0n) is 12.9. The monoisotopic (exact) mass is 305 g/mol. The quantitative estimate of drug-likeness (QED) is 0.853. The molecule has 1 unspecified atom stereocenters. The van der Waals surface area contributed by atoms with Crippen molar-refractivity contribution in [1.29, 1.82) is 0 Å². The van der Waals surface area contributed by atoms with E-state index < -0.39 is 0 Å². The Kier molecular flexibility index (Phi) is 5.70. The minimum atomic E-state index is 0.118. The molecular weight excluding hydrogens is 282 g/mol. The minimum Gasteiger partial charge on any atom is -0.485 e. The molecule has 2 aromatic heterocycles. The molecule has 0 saturated heterocycles. The SMILES string of the molecule is CCc1nc(COc2ccc(C)nc2CC(N)CC)cs1. The maximum absolute atomic E-state index is 6.05. The number of pyridine rings is 1. The molecule has 0 aromatic carbocycles. The van der Waals surface area contributed by atoms with E-state index in [-0.39, 0.29) is 6.04 Å². The van der Waals surface area contributed by atoms with Gasteiger partial charge in [0.15, 0.2) is 0 Å². The Morgan fingerprint density at radius 2 is 2.10 bits per heavy atom. The summed E-state index contributed by atoms with van der Waals surface area (Å²) in [5.41, 5.74) is 8.95. The van der Waals surface area contributed by atoms with Crippen molar-refractivity contribution in [3.63, 3.8) is 0 Å². The normalized spacial score (nSPS) is 12.4. The maximum Gasteiger partial charge on any atom is 0.141 e. The second-order valence-corrected chi connectivity index (χ2v) is 6.09. The predicted octanol–water partition coefficient (Wildman–Crippen LogP) is 3.27. The molecule has 114 valence electrons. The summed E-state index contributed by atoms with van der Waals surface area (Å²) >= 11 is 1.68. The van der Waals surface area contributed by atoms with E-state index in [2.05, 4.69) is 29.2 Å². The lowest BCUT2D eigenvalue weighted by atomic mass is 10.1. The highest BCUT2D eigenvalue weighted by Crippen LogP contribution is 2.21. The fraction of sp³-hybridized carbons (Fsp3) is 0.500. The molecule has 1 atom stereocenters. The summed E-state index contributed by atoms with van der Waals surface area (Å²) < 4.78 is 5.91. The molecule has 0 aliphatic heterocycles. The van der Waals surface area contributed by atoms with Crippen molar-refractivity contribution >= 4 is 11.3 Å². The highest BCUT2D eigenvalue weighted by molar-refractivity contribution is 7.09. The first-order valence-electron chi connectivity index (χ1n) is 7.40. The summed E-state index contributed by atoms with van der Waals surface area (Å²) in [5, 5.41) is 3.20. The van der Waals surface area contributed by atoms with E-state index in [0.717, 1.165) is 47.1 Å². The van der Waals surface area contributed by atoms with Crippen LogP contribution in [-0.4, -0.2) is 16.0 Å². The molecule has 5 heteroatoms. The molecule has 0 fully saturated rings. The van der Waals surface area contributed by atoms with Gasteiger partial charge in [0.1, 0.15) is 12.4 Å². The van der Waals surface area contributed by atoms with Crippen LogP contribution in [0.15, 0.2) is 17.5 Å². The van der Waals surface area contributed by atoms with Gasteiger partial charge in [0.2, 0.25) is 0 Å². The molecule has 2 rings (SSSR count). The number of rotatable bonds is 7. The molecule has 0 radical (unpaired) electrons. The minimum absolute atomic E-state index is 0.118. The van der Waals surface area contributed by atoms with E-state index >= 15 is 0 Å². The number of hydrogen-bond acceptors (Lipinski definition) is 5. The largest absolute Gasteiger partial charge is 0.485 e. The molecule has 0 bridgehead atoms. The average molecular weight is 305 g/mol. The van der Waals surface area contributed by atoms with Crippen LogP contribution in [0.25, 0.3) is 0 Å². The molecule has 2 heterocycles. The summed E-state index contributed by atoms with van der Waals surface area (Å²) in [6.45, 7) is 6.66. The first kappa shape index (κ1) is 15.9. The van der Waals surface area contributed by atoms with E-state index in [9.17, 15) is 0 Å². The second-order valence-electron chi connectivity index (χ2n) is 5.14. The number of nitrogens with two attached hydrogens (primary N) is 1. The Hall–Kier alpha value is -1.46. The number of hydrogen-bond donors (Lipinski definition) is 1. The van der Waals surface area contributed by atoms with E-state index in [1.165, 1.54) is 0 Å². The average Bonchev–Trinajstić information content (AvgIpc) is 2.94. The first-order valence-corrected chi connectivity index (χ1v) is 8.28. The zero-order valence-corrected chi connectivity index (χ0v) is 13.7. The van der Waals surface area contributed by atoms with Crippen LogP contribution in [0.2, 0.25) is 0 Å². The van der Waals surface area contributed by atoms with Gasteiger partial charge in [-0.25, -0.2) is 4.98 Å². The molecule has 0 amide bonds. The Labute approximate surface area is 130 Å². The van der Waals surface area contributed by atoms with E-state index in [1.54, 1.807) is 11.3 Å². The van der Waals surface area contributed by atoms with Crippen LogP contribution in [0.1, 0.15) is 42.4 Å². The van der Waals surface area contributed by atoms with Crippen molar-refractivity contribution in [3.8, 4) is 5.75 Å². The Morgan fingerprint density at radius 1 is 1.29 bits per heavy atom. The Morgan fingerprint density at radius 3 is 2.76 bits per heavy atom. The van der Waals surface area contributed by atoms with Crippen molar-refractivity contribution in [2.24, 2.45) is 5.73 Å². The van der Waals surface area contributed by atoms with Crippen LogP contribution in [0.4, 0.5) is 0 Å². The maximum atomic E-state index is 6.05. The van der Waals surface area contributed by atoms with Crippen LogP contribution in [0, 0.1) is 6.92 Å². The van der Waals surface area contributed by atoms with Gasteiger partial charge in [0, 0.05) is 23.5 Å². The number of aromatic nitrogens is 2. The van der Waals surface area contributed by atoms with E-state index in [1.807, 2.05) is 19.1 Å². The van der Waals surface area contributed by atoms with Gasteiger partial charge in [-0.3, -0.25) is 4.98 Å². The predicted molar refractivity (Wildman–Crippen MR) is 86.8 cm³/mol. The molecule has 0 spiro atoms. The molecule has 0 aliphatic carbocycles. The summed E-state index contributed by atoms with van der Waals surface area (Å²) in [6.07, 6.45) is 2.64. The van der Waals surface area contributed by atoms with Crippen molar-refractivity contribution in [3.05, 3.63) is 39.6 Å². The zero-order chi connectivity index (χ0) is 15.2. The smallest absolute Gasteiger partial charge is 0.141 e. The highest BCUT2D eigenvalue weighted by Gasteiger charge is 2.11. The van der Waals surface area contributed by atoms with Crippen LogP contribution < -0.4 is 10.5 Å². The van der Waals surface area contributed by atoms with Gasteiger partial charge < -0.3 is 10.5 Å². The van der Waals surface area contributed by atoms with Crippen LogP contribution >= 0.6 is 11.3 Å². The number of nitrogens with zero attached hydrogens (tertiary/aromatic N) is 2. The molecule has 2 N–H and O–H groups in total. The van der Waals surface area contributed by atoms with Crippen molar-refractivity contribution in [2.75, 3.05) is 0 Å². The van der Waals surface area contributed by atoms with Gasteiger partial charge >= 0.3 is 0 Å². The standard InChI is InChI=1S/C16H23N3OS/c1-4-12(17)8-14-15(7-6-11(3)18-14)20-9-13-10-21-16(5-2)19-13/h6-7,10,12H,4-5,8-9,17H2,1-3H3. The molecule has 4 nitrogen and oxygen atoms in total. The summed E-state index contributed by atoms with van der Waals surface area (Å²) in [6, 6.07) is 4.06. The lowest BCUT2D eigenvalue weighted by Gasteiger charge is -2.13. The van der Waals surface area contributed by atoms with Gasteiger partial charge in [-0.2, -0.15) is 0 Å². The molecule has 21 heavy (non-hydrogen) atoms. The van der Waals surface area contributed by atoms with Crippen LogP contribution in [0.5, 0.6) is 5.75 Å². The lowest BCUT2D eigenvalue weighted by Crippen LogP contribution is -2.22. The van der Waals surface area contributed by atoms with Gasteiger partial charge in [0.05, 0.1) is 16.4 Å². The molecule has 0 aliphatic rings. The third-order valence-electron chi connectivity index (χ3n) is 3.33. The number of ether oxygens (including phenoxy) is 1. The molecule has 0 saturated carbocycles. The Bertz CT molecular complexity index is 583. The number of thiazole rings is 1. The van der Waals surface area contributed by atoms with Crippen LogP contribution in [0.3, 0.4) is 0 Å². The summed E-state index contributed by atoms with van der Waals surface area (Å²) in [5.74, 6) is 0.815. The summed E-state index contributed by atoms with van der Waals surface area (Å²) in [7, 11) is 0. The van der Waals surface area contributed by atoms with Gasteiger partial charge in [0.25, 0.3) is 0 Å². The van der Waals surface area contributed by atoms with Crippen LogP contribution in [-0.2, 0) is 19.4 Å². The third kappa shape index (κ3) is 4.51. The van der Waals surface area contributed by atoms with Crippen molar-refractivity contribution in [2.45, 2.75) is 52.7 Å². The Balaban J connectivity index is 2.07. The fourth-order valence-corrected chi connectivity index (χ4v) is 2.73. The highest BCUT2D eigenvalue weighted by atomic mass is 32.1. The second kappa shape index (κ2) is 7.52. The topological polar surface area (TPSA) is 61.0 Å². The molecular formula is C16H23N3OS. The van der Waals surface area contributed by atoms with Gasteiger partial charge in [-0.1, -0.05) is 13.8 Å². The van der Waals surface area contributed by atoms with Gasteiger partial charge in [-0.15, -0.1) is 11.3 Å². The fourth-order valence-electron chi connectivity index (χ4n) is 2.00. The third-order valence-corrected chi connectivity index (χ3v) is 4.37. The van der Waals surface area contributed by atoms with Crippen molar-refractivity contribution < 1.29 is 4.74 Å². The van der Waals surface area contributed by atoms with Gasteiger partial charge in [-0.05, 0) is 31.9 Å². The summed E-state index contributed by atoms with van der Waals surface area (Å²) in [4.78, 5) is 9.09. The lowest BCUT2D eigenvalue weighted by molar-refractivity contribution is 0.296. The molecule has 2 aromatic rings. The number of aryl methyl sites for hydroxylation is 2. The van der Waals surface area contributed by atoms with Crippen molar-refractivity contribution in [1.82, 2.24) is 9.97 Å². The van der Waals surface area contributed by atoms with E-state index in [4.69, 9.17) is 10.5 Å². The first-order chi connectivity index (χ1) is 10.1.